The number of rotatable bonds is 7. The molecule has 0 bridgehead atoms. The third kappa shape index (κ3) is 4.49. The topological polar surface area (TPSA) is 115 Å². The summed E-state index contributed by atoms with van der Waals surface area (Å²) >= 11 is 2.65. The number of thioether (sulfide) groups is 1. The number of anilines is 2. The van der Waals surface area contributed by atoms with Crippen LogP contribution < -0.4 is 10.6 Å². The minimum Gasteiger partial charge on any atom is -0.325 e. The lowest BCUT2D eigenvalue weighted by Gasteiger charge is -2.06. The van der Waals surface area contributed by atoms with Crippen LogP contribution in [0.4, 0.5) is 10.8 Å². The third-order valence-corrected chi connectivity index (χ3v) is 5.39. The van der Waals surface area contributed by atoms with Crippen molar-refractivity contribution in [2.24, 2.45) is 0 Å². The van der Waals surface area contributed by atoms with E-state index in [-0.39, 0.29) is 17.6 Å². The molecule has 27 heavy (non-hydrogen) atoms. The molecule has 0 radical (unpaired) electrons. The molecule has 1 aliphatic carbocycles. The number of nitrogens with one attached hydrogen (secondary N) is 2. The van der Waals surface area contributed by atoms with E-state index in [0.29, 0.717) is 27.6 Å². The number of nitrogens with zero attached hydrogens (tertiary/aromatic N) is 5. The Bertz CT molecular complexity index is 936. The fourth-order valence-corrected chi connectivity index (χ4v) is 3.58. The Kier molecular flexibility index (Phi) is 5.12. The average Bonchev–Trinajstić information content (AvgIpc) is 3.18. The number of tetrazole rings is 1. The predicted octanol–water partition coefficient (Wildman–Crippen LogP) is 2.45. The lowest BCUT2D eigenvalue weighted by molar-refractivity contribution is -0.113. The van der Waals surface area contributed by atoms with Gasteiger partial charge in [0.25, 0.3) is 5.91 Å². The molecule has 1 aliphatic rings. The van der Waals surface area contributed by atoms with Crippen molar-refractivity contribution in [2.45, 2.75) is 24.0 Å². The van der Waals surface area contributed by atoms with Crippen LogP contribution in [0.5, 0.6) is 0 Å². The largest absolute Gasteiger partial charge is 0.325 e. The third-order valence-electron chi connectivity index (χ3n) is 3.77. The van der Waals surface area contributed by atoms with E-state index in [0.717, 1.165) is 12.8 Å². The lowest BCUT2D eigenvalue weighted by atomic mass is 10.2. The van der Waals surface area contributed by atoms with E-state index < -0.39 is 0 Å². The van der Waals surface area contributed by atoms with Crippen molar-refractivity contribution >= 4 is 45.7 Å². The van der Waals surface area contributed by atoms with Crippen molar-refractivity contribution in [3.8, 4) is 0 Å². The Labute approximate surface area is 162 Å². The van der Waals surface area contributed by atoms with Gasteiger partial charge in [-0.05, 0) is 47.5 Å². The number of carbonyl (C=O) groups excluding carboxylic acids is 2. The molecule has 2 aromatic heterocycles. The number of amides is 2. The van der Waals surface area contributed by atoms with Crippen molar-refractivity contribution < 1.29 is 9.59 Å². The molecule has 2 N–H and O–H groups in total. The first-order valence-corrected chi connectivity index (χ1v) is 10.1. The highest BCUT2D eigenvalue weighted by Crippen LogP contribution is 2.36. The first kappa shape index (κ1) is 17.6. The quantitative estimate of drug-likeness (QED) is 0.584. The summed E-state index contributed by atoms with van der Waals surface area (Å²) in [5, 5.41) is 20.1. The fraction of sp³-hybridized carbons (Fsp3) is 0.250. The standard InChI is InChI=1S/C16H15N7O2S2/c24-13(9-27-16-20-21-22-23(16)12-5-6-12)18-11-3-1-10(2-4-11)14(25)19-15-17-7-8-26-15/h1-4,7-8,12H,5-6,9H2,(H,18,24)(H,17,19,25). The second-order valence-corrected chi connectivity index (χ2v) is 7.68. The van der Waals surface area contributed by atoms with Crippen LogP contribution in [0.15, 0.2) is 41.0 Å². The number of benzene rings is 1. The maximum Gasteiger partial charge on any atom is 0.257 e. The van der Waals surface area contributed by atoms with E-state index in [1.807, 2.05) is 0 Å². The van der Waals surface area contributed by atoms with Crippen LogP contribution in [-0.2, 0) is 4.79 Å². The lowest BCUT2D eigenvalue weighted by Crippen LogP contribution is -2.15. The van der Waals surface area contributed by atoms with Gasteiger partial charge in [-0.3, -0.25) is 14.9 Å². The molecule has 0 atom stereocenters. The van der Waals surface area contributed by atoms with Gasteiger partial charge in [0.2, 0.25) is 11.1 Å². The summed E-state index contributed by atoms with van der Waals surface area (Å²) in [6, 6.07) is 7.05. The highest BCUT2D eigenvalue weighted by atomic mass is 32.2. The second kappa shape index (κ2) is 7.84. The SMILES string of the molecule is O=C(CSc1nnnn1C1CC1)Nc1ccc(C(=O)Nc2nccs2)cc1. The van der Waals surface area contributed by atoms with Crippen LogP contribution in [-0.4, -0.2) is 42.8 Å². The summed E-state index contributed by atoms with van der Waals surface area (Å²) < 4.78 is 1.77. The first-order chi connectivity index (χ1) is 13.2. The second-order valence-electron chi connectivity index (χ2n) is 5.84. The molecule has 9 nitrogen and oxygen atoms in total. The summed E-state index contributed by atoms with van der Waals surface area (Å²) in [5.74, 6) is -0.199. The van der Waals surface area contributed by atoms with Gasteiger partial charge in [0.1, 0.15) is 0 Å². The molecule has 3 aromatic rings. The molecule has 0 saturated heterocycles. The van der Waals surface area contributed by atoms with Crippen molar-refractivity contribution in [2.75, 3.05) is 16.4 Å². The molecule has 0 unspecified atom stereocenters. The highest BCUT2D eigenvalue weighted by Gasteiger charge is 2.28. The first-order valence-electron chi connectivity index (χ1n) is 8.20. The summed E-state index contributed by atoms with van der Waals surface area (Å²) in [4.78, 5) is 28.3. The minimum atomic E-state index is -0.245. The molecule has 1 aromatic carbocycles. The van der Waals surface area contributed by atoms with Gasteiger partial charge in [-0.15, -0.1) is 16.4 Å². The van der Waals surface area contributed by atoms with Crippen molar-refractivity contribution in [3.63, 3.8) is 0 Å². The molecule has 11 heteroatoms. The zero-order valence-electron chi connectivity index (χ0n) is 14.0. The molecule has 1 fully saturated rings. The van der Waals surface area contributed by atoms with Crippen LogP contribution in [0.3, 0.4) is 0 Å². The molecular formula is C16H15N7O2S2. The Morgan fingerprint density at radius 3 is 2.74 bits per heavy atom. The van der Waals surface area contributed by atoms with Gasteiger partial charge in [-0.2, -0.15) is 0 Å². The van der Waals surface area contributed by atoms with Gasteiger partial charge < -0.3 is 5.32 Å². The van der Waals surface area contributed by atoms with Crippen LogP contribution >= 0.6 is 23.1 Å². The molecule has 1 saturated carbocycles. The Balaban J connectivity index is 1.29. The predicted molar refractivity (Wildman–Crippen MR) is 102 cm³/mol. The fourth-order valence-electron chi connectivity index (χ4n) is 2.32. The Morgan fingerprint density at radius 2 is 2.04 bits per heavy atom. The monoisotopic (exact) mass is 401 g/mol. The molecule has 2 amide bonds. The van der Waals surface area contributed by atoms with Gasteiger partial charge in [-0.1, -0.05) is 11.8 Å². The van der Waals surface area contributed by atoms with E-state index in [1.165, 1.54) is 23.1 Å². The Hall–Kier alpha value is -2.79. The molecule has 0 aliphatic heterocycles. The van der Waals surface area contributed by atoms with Gasteiger partial charge in [0, 0.05) is 22.8 Å². The smallest absolute Gasteiger partial charge is 0.257 e. The van der Waals surface area contributed by atoms with Gasteiger partial charge in [0.05, 0.1) is 11.8 Å². The van der Waals surface area contributed by atoms with Gasteiger partial charge in [0.15, 0.2) is 5.13 Å². The summed E-state index contributed by atoms with van der Waals surface area (Å²) in [6.45, 7) is 0. The number of hydrogen-bond acceptors (Lipinski definition) is 8. The van der Waals surface area contributed by atoms with Crippen molar-refractivity contribution in [3.05, 3.63) is 41.4 Å². The van der Waals surface area contributed by atoms with Gasteiger partial charge >= 0.3 is 0 Å². The van der Waals surface area contributed by atoms with Gasteiger partial charge in [-0.25, -0.2) is 9.67 Å². The normalized spacial score (nSPS) is 13.3. The average molecular weight is 401 g/mol. The van der Waals surface area contributed by atoms with E-state index in [9.17, 15) is 9.59 Å². The summed E-state index contributed by atoms with van der Waals surface area (Å²) in [6.07, 6.45) is 3.78. The Morgan fingerprint density at radius 1 is 1.22 bits per heavy atom. The van der Waals surface area contributed by atoms with E-state index in [4.69, 9.17) is 0 Å². The zero-order valence-corrected chi connectivity index (χ0v) is 15.7. The highest BCUT2D eigenvalue weighted by molar-refractivity contribution is 7.99. The van der Waals surface area contributed by atoms with Crippen LogP contribution in [0, 0.1) is 0 Å². The van der Waals surface area contributed by atoms with Crippen LogP contribution in [0.2, 0.25) is 0 Å². The molecule has 138 valence electrons. The molecule has 0 spiro atoms. The summed E-state index contributed by atoms with van der Waals surface area (Å²) in [5.41, 5.74) is 1.11. The molecular weight excluding hydrogens is 386 g/mol. The molecule has 4 rings (SSSR count). The van der Waals surface area contributed by atoms with Crippen LogP contribution in [0.1, 0.15) is 29.2 Å². The van der Waals surface area contributed by atoms with E-state index in [2.05, 4.69) is 31.1 Å². The zero-order chi connectivity index (χ0) is 18.6. The number of carbonyl (C=O) groups is 2. The maximum absolute atomic E-state index is 12.1. The number of hydrogen-bond donors (Lipinski definition) is 2. The van der Waals surface area contributed by atoms with E-state index in [1.54, 1.807) is 40.5 Å². The maximum atomic E-state index is 12.1. The number of aromatic nitrogens is 5. The van der Waals surface area contributed by atoms with Crippen molar-refractivity contribution in [1.82, 2.24) is 25.2 Å². The number of thiazole rings is 1. The van der Waals surface area contributed by atoms with E-state index >= 15 is 0 Å². The summed E-state index contributed by atoms with van der Waals surface area (Å²) in [7, 11) is 0. The van der Waals surface area contributed by atoms with Crippen molar-refractivity contribution in [1.29, 1.82) is 0 Å². The van der Waals surface area contributed by atoms with Crippen LogP contribution in [0.25, 0.3) is 0 Å². The minimum absolute atomic E-state index is 0.162. The molecule has 2 heterocycles.